The van der Waals surface area contributed by atoms with Crippen LogP contribution in [0.1, 0.15) is 65.2 Å². The highest BCUT2D eigenvalue weighted by molar-refractivity contribution is 5.96. The molecule has 142 valence electrons. The highest BCUT2D eigenvalue weighted by Gasteiger charge is 2.42. The first-order chi connectivity index (χ1) is 12.6. The van der Waals surface area contributed by atoms with E-state index in [4.69, 9.17) is 0 Å². The minimum absolute atomic E-state index is 0.139. The van der Waals surface area contributed by atoms with Crippen LogP contribution in [-0.4, -0.2) is 11.8 Å². The van der Waals surface area contributed by atoms with Crippen molar-refractivity contribution in [2.45, 2.75) is 65.2 Å². The highest BCUT2D eigenvalue weighted by atomic mass is 16.2. The van der Waals surface area contributed by atoms with Crippen LogP contribution >= 0.6 is 0 Å². The number of benzene rings is 1. The second-order valence-corrected chi connectivity index (χ2v) is 8.04. The minimum atomic E-state index is 0.139. The zero-order chi connectivity index (χ0) is 18.5. The summed E-state index contributed by atoms with van der Waals surface area (Å²) in [6.45, 7) is 4.37. The minimum Gasteiger partial charge on any atom is -0.326 e. The Morgan fingerprint density at radius 3 is 1.54 bits per heavy atom. The molecule has 0 aromatic heterocycles. The van der Waals surface area contributed by atoms with Crippen molar-refractivity contribution >= 4 is 23.2 Å². The fraction of sp³-hybridized carbons (Fsp3) is 0.636. The lowest BCUT2D eigenvalue weighted by Gasteiger charge is -2.08. The van der Waals surface area contributed by atoms with Crippen molar-refractivity contribution in [3.05, 3.63) is 24.3 Å². The molecule has 2 fully saturated rings. The quantitative estimate of drug-likeness (QED) is 0.604. The third-order valence-corrected chi connectivity index (χ3v) is 5.80. The fourth-order valence-electron chi connectivity index (χ4n) is 3.81. The summed E-state index contributed by atoms with van der Waals surface area (Å²) in [5, 5.41) is 6.01. The summed E-state index contributed by atoms with van der Waals surface area (Å²) in [6.07, 6.45) is 9.20. The number of carbonyl (C=O) groups excluding carboxylic acids is 2. The summed E-state index contributed by atoms with van der Waals surface area (Å²) in [5.41, 5.74) is 1.61. The number of unbranched alkanes of at least 4 members (excludes halogenated alkanes) is 2. The van der Waals surface area contributed by atoms with Crippen LogP contribution in [0.5, 0.6) is 0 Å². The number of hydrogen-bond acceptors (Lipinski definition) is 2. The largest absolute Gasteiger partial charge is 0.326 e. The van der Waals surface area contributed by atoms with Gasteiger partial charge in [-0.25, -0.2) is 0 Å². The van der Waals surface area contributed by atoms with E-state index in [1.807, 2.05) is 24.3 Å². The lowest BCUT2D eigenvalue weighted by molar-refractivity contribution is -0.118. The van der Waals surface area contributed by atoms with E-state index < -0.39 is 0 Å². The number of amides is 2. The molecule has 0 aliphatic heterocycles. The smallest absolute Gasteiger partial charge is 0.227 e. The van der Waals surface area contributed by atoms with E-state index in [9.17, 15) is 9.59 Å². The first-order valence-corrected chi connectivity index (χ1v) is 10.3. The summed E-state index contributed by atoms with van der Waals surface area (Å²) in [4.78, 5) is 24.5. The Balaban J connectivity index is 1.41. The van der Waals surface area contributed by atoms with E-state index in [-0.39, 0.29) is 23.7 Å². The second-order valence-electron chi connectivity index (χ2n) is 8.04. The molecule has 4 heteroatoms. The Labute approximate surface area is 157 Å². The van der Waals surface area contributed by atoms with Crippen LogP contribution in [-0.2, 0) is 9.59 Å². The van der Waals surface area contributed by atoms with Crippen molar-refractivity contribution < 1.29 is 9.59 Å². The van der Waals surface area contributed by atoms with Gasteiger partial charge < -0.3 is 10.6 Å². The first kappa shape index (κ1) is 18.9. The molecule has 3 rings (SSSR count). The molecule has 0 heterocycles. The summed E-state index contributed by atoms with van der Waals surface area (Å²) in [5.74, 6) is 1.81. The molecule has 2 amide bonds. The van der Waals surface area contributed by atoms with Crippen molar-refractivity contribution in [3.63, 3.8) is 0 Å². The standard InChI is InChI=1S/C22H32N2O2/c1-3-5-7-15-13-19(15)21(25)23-17-9-11-18(12-10-17)24-22(26)20-14-16(20)8-6-4-2/h9-12,15-16,19-20H,3-8,13-14H2,1-2H3,(H,23,25)(H,24,26)/t15-,16-,19+,20+/m1/s1. The van der Waals surface area contributed by atoms with Gasteiger partial charge in [0.15, 0.2) is 0 Å². The average Bonchev–Trinajstić information content (AvgIpc) is 3.54. The van der Waals surface area contributed by atoms with Crippen molar-refractivity contribution in [2.75, 3.05) is 10.6 Å². The van der Waals surface area contributed by atoms with Crippen LogP contribution in [0.25, 0.3) is 0 Å². The SMILES string of the molecule is CCCC[C@@H]1C[C@@H]1C(=O)Nc1ccc(NC(=O)[C@H]2C[C@H]2CCCC)cc1. The third kappa shape index (κ3) is 5.09. The summed E-state index contributed by atoms with van der Waals surface area (Å²) in [7, 11) is 0. The average molecular weight is 357 g/mol. The van der Waals surface area contributed by atoms with E-state index in [0.717, 1.165) is 24.2 Å². The van der Waals surface area contributed by atoms with Gasteiger partial charge in [0, 0.05) is 23.2 Å². The van der Waals surface area contributed by atoms with Crippen LogP contribution < -0.4 is 10.6 Å². The van der Waals surface area contributed by atoms with Crippen molar-refractivity contribution in [2.24, 2.45) is 23.7 Å². The van der Waals surface area contributed by atoms with Gasteiger partial charge in [0.1, 0.15) is 0 Å². The highest BCUT2D eigenvalue weighted by Crippen LogP contribution is 2.44. The maximum Gasteiger partial charge on any atom is 0.227 e. The molecule has 2 saturated carbocycles. The zero-order valence-electron chi connectivity index (χ0n) is 16.1. The molecule has 1 aromatic rings. The monoisotopic (exact) mass is 356 g/mol. The normalized spacial score (nSPS) is 26.2. The third-order valence-electron chi connectivity index (χ3n) is 5.80. The lowest BCUT2D eigenvalue weighted by atomic mass is 10.1. The summed E-state index contributed by atoms with van der Waals surface area (Å²) < 4.78 is 0. The van der Waals surface area contributed by atoms with Gasteiger partial charge in [0.05, 0.1) is 0 Å². The number of hydrogen-bond donors (Lipinski definition) is 2. The number of rotatable bonds is 10. The second kappa shape index (κ2) is 8.70. The molecule has 0 radical (unpaired) electrons. The number of carbonyl (C=O) groups is 2. The van der Waals surface area contributed by atoms with Crippen molar-refractivity contribution in [1.29, 1.82) is 0 Å². The molecule has 4 atom stereocenters. The van der Waals surface area contributed by atoms with Crippen molar-refractivity contribution in [3.8, 4) is 0 Å². The molecule has 0 unspecified atom stereocenters. The Kier molecular flexibility index (Phi) is 6.33. The Hall–Kier alpha value is -1.84. The zero-order valence-corrected chi connectivity index (χ0v) is 16.1. The van der Waals surface area contributed by atoms with Gasteiger partial charge in [-0.3, -0.25) is 9.59 Å². The first-order valence-electron chi connectivity index (χ1n) is 10.3. The van der Waals surface area contributed by atoms with Crippen LogP contribution in [0.15, 0.2) is 24.3 Å². The van der Waals surface area contributed by atoms with Crippen molar-refractivity contribution in [1.82, 2.24) is 0 Å². The van der Waals surface area contributed by atoms with Gasteiger partial charge in [-0.05, 0) is 61.8 Å². The van der Waals surface area contributed by atoms with Gasteiger partial charge in [0.2, 0.25) is 11.8 Å². The molecule has 0 bridgehead atoms. The lowest BCUT2D eigenvalue weighted by Crippen LogP contribution is -2.16. The molecule has 0 spiro atoms. The van der Waals surface area contributed by atoms with Crippen LogP contribution in [0.3, 0.4) is 0 Å². The van der Waals surface area contributed by atoms with E-state index in [1.165, 1.54) is 38.5 Å². The molecule has 4 nitrogen and oxygen atoms in total. The van der Waals surface area contributed by atoms with Gasteiger partial charge >= 0.3 is 0 Å². The predicted molar refractivity (Wildman–Crippen MR) is 106 cm³/mol. The van der Waals surface area contributed by atoms with Gasteiger partial charge in [-0.1, -0.05) is 39.5 Å². The number of anilines is 2. The molecular formula is C22H32N2O2. The maximum atomic E-state index is 12.3. The fourth-order valence-corrected chi connectivity index (χ4v) is 3.81. The van der Waals surface area contributed by atoms with Gasteiger partial charge in [-0.15, -0.1) is 0 Å². The Bertz CT molecular complexity index is 571. The van der Waals surface area contributed by atoms with E-state index in [0.29, 0.717) is 11.8 Å². The Morgan fingerprint density at radius 1 is 0.808 bits per heavy atom. The molecule has 2 aliphatic carbocycles. The molecule has 2 aliphatic rings. The molecule has 26 heavy (non-hydrogen) atoms. The summed E-state index contributed by atoms with van der Waals surface area (Å²) in [6, 6.07) is 7.49. The van der Waals surface area contributed by atoms with Crippen LogP contribution in [0.2, 0.25) is 0 Å². The molecule has 0 saturated heterocycles. The molecule has 1 aromatic carbocycles. The van der Waals surface area contributed by atoms with E-state index in [2.05, 4.69) is 24.5 Å². The predicted octanol–water partition coefficient (Wildman–Crippen LogP) is 5.22. The molecule has 2 N–H and O–H groups in total. The Morgan fingerprint density at radius 2 is 1.19 bits per heavy atom. The van der Waals surface area contributed by atoms with E-state index in [1.54, 1.807) is 0 Å². The van der Waals surface area contributed by atoms with Gasteiger partial charge in [-0.2, -0.15) is 0 Å². The number of nitrogens with one attached hydrogen (secondary N) is 2. The van der Waals surface area contributed by atoms with Crippen LogP contribution in [0, 0.1) is 23.7 Å². The molecular weight excluding hydrogens is 324 g/mol. The van der Waals surface area contributed by atoms with Gasteiger partial charge in [0.25, 0.3) is 0 Å². The topological polar surface area (TPSA) is 58.2 Å². The maximum absolute atomic E-state index is 12.3. The van der Waals surface area contributed by atoms with Crippen LogP contribution in [0.4, 0.5) is 11.4 Å². The summed E-state index contributed by atoms with van der Waals surface area (Å²) >= 11 is 0. The van der Waals surface area contributed by atoms with E-state index >= 15 is 0 Å².